The van der Waals surface area contributed by atoms with Crippen molar-refractivity contribution in [3.05, 3.63) is 122 Å². The van der Waals surface area contributed by atoms with Crippen molar-refractivity contribution in [1.82, 2.24) is 9.97 Å². The van der Waals surface area contributed by atoms with Gasteiger partial charge in [-0.05, 0) is 48.7 Å². The van der Waals surface area contributed by atoms with Crippen LogP contribution in [0.2, 0.25) is 0 Å². The van der Waals surface area contributed by atoms with Crippen LogP contribution in [0.1, 0.15) is 20.3 Å². The van der Waals surface area contributed by atoms with E-state index in [9.17, 15) is 0 Å². The predicted molar refractivity (Wildman–Crippen MR) is 151 cm³/mol. The Balaban J connectivity index is 0.000000444. The fourth-order valence-corrected chi connectivity index (χ4v) is 4.07. The van der Waals surface area contributed by atoms with Gasteiger partial charge in [0.15, 0.2) is 0 Å². The molecule has 5 heteroatoms. The number of aromatic nitrogens is 2. The molecule has 4 nitrogen and oxygen atoms in total. The molecular weight excluding hydrogens is 649 g/mol. The van der Waals surface area contributed by atoms with E-state index < -0.39 is 0 Å². The molecule has 4 aromatic carbocycles. The maximum Gasteiger partial charge on any atom is 0.106 e. The Labute approximate surface area is 238 Å². The van der Waals surface area contributed by atoms with Crippen LogP contribution in [0, 0.1) is 6.07 Å². The molecular formula is C33H31IrN2O2-. The van der Waals surface area contributed by atoms with E-state index in [1.54, 1.807) is 20.2 Å². The van der Waals surface area contributed by atoms with Crippen molar-refractivity contribution in [3.8, 4) is 44.8 Å². The zero-order valence-electron chi connectivity index (χ0n) is 21.5. The molecule has 0 aliphatic rings. The van der Waals surface area contributed by atoms with Gasteiger partial charge >= 0.3 is 0 Å². The van der Waals surface area contributed by atoms with E-state index in [-0.39, 0.29) is 32.3 Å². The number of benzene rings is 4. The largest absolute Gasteiger partial charge is 0.393 e. The maximum atomic E-state index is 8.56. The van der Waals surface area contributed by atoms with Crippen LogP contribution in [-0.2, 0) is 20.1 Å². The normalized spacial score (nSPS) is 11.9. The molecule has 0 saturated heterocycles. The standard InChI is InChI=1S/C28H19N2.C5H12O2.Ir/c1-3-9-21(10-4-1)23-13-7-15-25(17-23)27-19-28(30-20-29-27)26-16-8-14-24(18-26)22-11-5-2-6-12-22;1-4(6)3-5(2)7;/h1-15,17-20H;4-7H,3H2,1-2H3;/q-1;;. The SMILES string of the molecule is CC(O)CC(C)O.[Ir].[c-]1ccc(-c2ccccc2)cc1-c1cc(-c2cccc(-c3ccccc3)c2)ncn1. The second-order valence-corrected chi connectivity index (χ2v) is 9.03. The monoisotopic (exact) mass is 680 g/mol. The summed E-state index contributed by atoms with van der Waals surface area (Å²) in [6, 6.07) is 40.7. The molecule has 38 heavy (non-hydrogen) atoms. The Bertz CT molecular complexity index is 1300. The fraction of sp³-hybridized carbons (Fsp3) is 0.152. The van der Waals surface area contributed by atoms with Gasteiger partial charge in [-0.1, -0.05) is 84.9 Å². The van der Waals surface area contributed by atoms with Gasteiger partial charge in [-0.2, -0.15) is 0 Å². The van der Waals surface area contributed by atoms with Crippen molar-refractivity contribution >= 4 is 0 Å². The van der Waals surface area contributed by atoms with E-state index in [2.05, 4.69) is 88.8 Å². The molecule has 5 aromatic rings. The van der Waals surface area contributed by atoms with Gasteiger partial charge in [0.25, 0.3) is 0 Å². The summed E-state index contributed by atoms with van der Waals surface area (Å²) in [7, 11) is 0. The molecule has 2 unspecified atom stereocenters. The van der Waals surface area contributed by atoms with Crippen LogP contribution in [0.4, 0.5) is 0 Å². The van der Waals surface area contributed by atoms with Gasteiger partial charge in [0, 0.05) is 25.7 Å². The maximum absolute atomic E-state index is 8.56. The average molecular weight is 680 g/mol. The van der Waals surface area contributed by atoms with Crippen molar-refractivity contribution < 1.29 is 30.3 Å². The third-order valence-corrected chi connectivity index (χ3v) is 5.80. The van der Waals surface area contributed by atoms with Gasteiger partial charge < -0.3 is 10.2 Å². The summed E-state index contributed by atoms with van der Waals surface area (Å²) < 4.78 is 0. The van der Waals surface area contributed by atoms with Crippen molar-refractivity contribution in [2.24, 2.45) is 0 Å². The molecule has 0 amide bonds. The minimum absolute atomic E-state index is 0. The fourth-order valence-electron chi connectivity index (χ4n) is 4.07. The number of aliphatic hydroxyl groups excluding tert-OH is 2. The van der Waals surface area contributed by atoms with E-state index in [4.69, 9.17) is 10.2 Å². The van der Waals surface area contributed by atoms with Crippen molar-refractivity contribution in [1.29, 1.82) is 0 Å². The molecule has 2 N–H and O–H groups in total. The van der Waals surface area contributed by atoms with Crippen molar-refractivity contribution in [2.45, 2.75) is 32.5 Å². The summed E-state index contributed by atoms with van der Waals surface area (Å²) in [5.41, 5.74) is 8.48. The predicted octanol–water partition coefficient (Wildman–Crippen LogP) is 7.08. The van der Waals surface area contributed by atoms with Gasteiger partial charge in [-0.15, -0.1) is 35.4 Å². The third-order valence-electron chi connectivity index (χ3n) is 5.80. The van der Waals surface area contributed by atoms with Crippen molar-refractivity contribution in [2.75, 3.05) is 0 Å². The molecule has 0 fully saturated rings. The van der Waals surface area contributed by atoms with E-state index >= 15 is 0 Å². The number of hydrogen-bond acceptors (Lipinski definition) is 4. The topological polar surface area (TPSA) is 66.2 Å². The van der Waals surface area contributed by atoms with Crippen LogP contribution in [0.5, 0.6) is 0 Å². The van der Waals surface area contributed by atoms with E-state index in [0.29, 0.717) is 6.42 Å². The molecule has 0 bridgehead atoms. The second-order valence-electron chi connectivity index (χ2n) is 9.03. The Hall–Kier alpha value is -3.47. The van der Waals surface area contributed by atoms with Gasteiger partial charge in [0.2, 0.25) is 0 Å². The third kappa shape index (κ3) is 8.27. The summed E-state index contributed by atoms with van der Waals surface area (Å²) >= 11 is 0. The summed E-state index contributed by atoms with van der Waals surface area (Å²) in [6.07, 6.45) is 1.35. The smallest absolute Gasteiger partial charge is 0.106 e. The minimum atomic E-state index is -0.375. The quantitative estimate of drug-likeness (QED) is 0.188. The molecule has 1 radical (unpaired) electrons. The van der Waals surface area contributed by atoms with Crippen LogP contribution >= 0.6 is 0 Å². The minimum Gasteiger partial charge on any atom is -0.393 e. The second kappa shape index (κ2) is 14.5. The van der Waals surface area contributed by atoms with E-state index in [0.717, 1.165) is 28.1 Å². The van der Waals surface area contributed by atoms with Crippen LogP contribution in [0.15, 0.2) is 116 Å². The summed E-state index contributed by atoms with van der Waals surface area (Å²) in [5.74, 6) is 0. The molecule has 0 saturated carbocycles. The number of aliphatic hydroxyl groups is 2. The Morgan fingerprint density at radius 2 is 1.13 bits per heavy atom. The first-order valence-corrected chi connectivity index (χ1v) is 12.4. The van der Waals surface area contributed by atoms with Crippen LogP contribution < -0.4 is 0 Å². The zero-order valence-corrected chi connectivity index (χ0v) is 23.8. The molecule has 0 spiro atoms. The molecule has 1 aromatic heterocycles. The summed E-state index contributed by atoms with van der Waals surface area (Å²) in [6.45, 7) is 3.32. The number of rotatable bonds is 6. The summed E-state index contributed by atoms with van der Waals surface area (Å²) in [5, 5.41) is 17.1. The first kappa shape index (κ1) is 29.1. The first-order chi connectivity index (χ1) is 18.0. The number of nitrogens with zero attached hydrogens (tertiary/aromatic N) is 2. The van der Waals surface area contributed by atoms with Gasteiger partial charge in [-0.25, -0.2) is 4.98 Å². The zero-order chi connectivity index (χ0) is 26.0. The summed E-state index contributed by atoms with van der Waals surface area (Å²) in [4.78, 5) is 9.03. The van der Waals surface area contributed by atoms with E-state index in [1.807, 2.05) is 36.4 Å². The average Bonchev–Trinajstić information content (AvgIpc) is 2.94. The van der Waals surface area contributed by atoms with Crippen LogP contribution in [0.3, 0.4) is 0 Å². The Morgan fingerprint density at radius 1 is 0.605 bits per heavy atom. The van der Waals surface area contributed by atoms with Crippen molar-refractivity contribution in [3.63, 3.8) is 0 Å². The van der Waals surface area contributed by atoms with Gasteiger partial charge in [0.1, 0.15) is 6.33 Å². The molecule has 1 heterocycles. The number of hydrogen-bond donors (Lipinski definition) is 2. The molecule has 195 valence electrons. The van der Waals surface area contributed by atoms with Gasteiger partial charge in [0.05, 0.1) is 17.9 Å². The first-order valence-electron chi connectivity index (χ1n) is 12.4. The van der Waals surface area contributed by atoms with E-state index in [1.165, 1.54) is 16.7 Å². The molecule has 5 rings (SSSR count). The van der Waals surface area contributed by atoms with Crippen LogP contribution in [-0.4, -0.2) is 32.4 Å². The van der Waals surface area contributed by atoms with Crippen LogP contribution in [0.25, 0.3) is 44.8 Å². The Morgan fingerprint density at radius 3 is 1.71 bits per heavy atom. The molecule has 2 atom stereocenters. The molecule has 0 aliphatic heterocycles. The van der Waals surface area contributed by atoms with Gasteiger partial charge in [-0.3, -0.25) is 4.98 Å². The molecule has 0 aliphatic carbocycles. The Kier molecular flexibility index (Phi) is 11.1.